The molecule has 1 heterocycles. The molecule has 0 aliphatic heterocycles. The van der Waals surface area contributed by atoms with Crippen molar-refractivity contribution in [2.45, 2.75) is 37.5 Å². The first-order valence-corrected chi connectivity index (χ1v) is 6.15. The lowest BCUT2D eigenvalue weighted by atomic mass is 9.53. The first kappa shape index (κ1) is 10.7. The molecule has 1 N–H and O–H groups in total. The molecule has 2 bridgehead atoms. The Hall–Kier alpha value is -1.45. The number of carboxylic acid groups (broad SMARTS) is 1. The maximum Gasteiger partial charge on any atom is 0.307 e. The van der Waals surface area contributed by atoms with Gasteiger partial charge in [-0.3, -0.25) is 4.79 Å². The van der Waals surface area contributed by atoms with Gasteiger partial charge in [-0.15, -0.1) is 0 Å². The molecule has 3 aliphatic rings. The molecular formula is C13H15N2O2. The van der Waals surface area contributed by atoms with Crippen LogP contribution in [-0.4, -0.2) is 21.0 Å². The highest BCUT2D eigenvalue weighted by Crippen LogP contribution is 2.54. The van der Waals surface area contributed by atoms with Gasteiger partial charge in [0, 0.05) is 11.6 Å². The second-order valence-electron chi connectivity index (χ2n) is 5.27. The summed E-state index contributed by atoms with van der Waals surface area (Å²) in [4.78, 5) is 19.5. The van der Waals surface area contributed by atoms with Crippen LogP contribution in [0.15, 0.2) is 12.3 Å². The van der Waals surface area contributed by atoms with Crippen molar-refractivity contribution < 1.29 is 9.90 Å². The highest BCUT2D eigenvalue weighted by Gasteiger charge is 2.52. The lowest BCUT2D eigenvalue weighted by Crippen LogP contribution is -2.49. The third-order valence-corrected chi connectivity index (χ3v) is 4.58. The summed E-state index contributed by atoms with van der Waals surface area (Å²) in [7, 11) is 0. The number of hydrogen-bond acceptors (Lipinski definition) is 3. The molecule has 4 nitrogen and oxygen atoms in total. The van der Waals surface area contributed by atoms with Gasteiger partial charge in [0.2, 0.25) is 0 Å². The molecule has 4 rings (SSSR count). The summed E-state index contributed by atoms with van der Waals surface area (Å²) in [5, 5.41) is 9.43. The molecule has 0 saturated heterocycles. The molecule has 1 aromatic rings. The standard InChI is InChI=1S/C13H15N2O2/c16-12(17)10-7-9-1-4-13(10,5-2-9)11-3-6-14-8-15-11/h3,6,9-10H,1-2,4-5,7H2,(H,16,17). The minimum Gasteiger partial charge on any atom is -0.481 e. The Morgan fingerprint density at radius 2 is 2.24 bits per heavy atom. The highest BCUT2D eigenvalue weighted by molar-refractivity contribution is 5.73. The Morgan fingerprint density at radius 1 is 1.47 bits per heavy atom. The Labute approximate surface area is 100 Å². The maximum atomic E-state index is 11.5. The van der Waals surface area contributed by atoms with E-state index in [1.165, 1.54) is 0 Å². The summed E-state index contributed by atoms with van der Waals surface area (Å²) >= 11 is 0. The van der Waals surface area contributed by atoms with Crippen LogP contribution in [0.3, 0.4) is 0 Å². The third-order valence-electron chi connectivity index (χ3n) is 4.58. The van der Waals surface area contributed by atoms with Gasteiger partial charge in [0.15, 0.2) is 6.33 Å². The molecule has 17 heavy (non-hydrogen) atoms. The van der Waals surface area contributed by atoms with E-state index in [0.29, 0.717) is 5.92 Å². The van der Waals surface area contributed by atoms with Crippen molar-refractivity contribution in [2.75, 3.05) is 0 Å². The molecule has 3 saturated carbocycles. The van der Waals surface area contributed by atoms with E-state index in [1.807, 2.05) is 6.07 Å². The minimum absolute atomic E-state index is 0.264. The fourth-order valence-corrected chi connectivity index (χ4v) is 3.65. The summed E-state index contributed by atoms with van der Waals surface area (Å²) in [6, 6.07) is 1.86. The van der Waals surface area contributed by atoms with Crippen molar-refractivity contribution in [1.29, 1.82) is 0 Å². The molecule has 1 aromatic heterocycles. The van der Waals surface area contributed by atoms with E-state index >= 15 is 0 Å². The smallest absolute Gasteiger partial charge is 0.307 e. The Balaban J connectivity index is 2.05. The summed E-state index contributed by atoms with van der Waals surface area (Å²) in [6.07, 6.45) is 9.22. The van der Waals surface area contributed by atoms with Gasteiger partial charge in [-0.25, -0.2) is 9.97 Å². The number of aromatic nitrogens is 2. The van der Waals surface area contributed by atoms with Crippen molar-refractivity contribution in [3.05, 3.63) is 24.3 Å². The van der Waals surface area contributed by atoms with Gasteiger partial charge in [-0.05, 0) is 44.1 Å². The number of aliphatic carboxylic acids is 1. The van der Waals surface area contributed by atoms with Crippen molar-refractivity contribution in [3.8, 4) is 0 Å². The zero-order valence-electron chi connectivity index (χ0n) is 9.59. The van der Waals surface area contributed by atoms with E-state index in [-0.39, 0.29) is 11.3 Å². The molecule has 0 spiro atoms. The predicted molar refractivity (Wildman–Crippen MR) is 60.2 cm³/mol. The summed E-state index contributed by atoms with van der Waals surface area (Å²) in [6.45, 7) is 0. The zero-order chi connectivity index (χ0) is 11.9. The van der Waals surface area contributed by atoms with E-state index in [9.17, 15) is 9.90 Å². The average molecular weight is 231 g/mol. The quantitative estimate of drug-likeness (QED) is 0.843. The topological polar surface area (TPSA) is 63.1 Å². The van der Waals surface area contributed by atoms with Crippen molar-refractivity contribution >= 4 is 5.97 Å². The Bertz CT molecular complexity index is 424. The first-order chi connectivity index (χ1) is 8.22. The second kappa shape index (κ2) is 3.79. The van der Waals surface area contributed by atoms with Gasteiger partial charge in [0.1, 0.15) is 0 Å². The third kappa shape index (κ3) is 1.54. The van der Waals surface area contributed by atoms with Gasteiger partial charge in [0.25, 0.3) is 0 Å². The molecule has 0 aromatic carbocycles. The lowest BCUT2D eigenvalue weighted by molar-refractivity contribution is -0.149. The van der Waals surface area contributed by atoms with Crippen LogP contribution in [0.4, 0.5) is 0 Å². The van der Waals surface area contributed by atoms with Gasteiger partial charge in [0.05, 0.1) is 11.6 Å². The number of nitrogens with zero attached hydrogens (tertiary/aromatic N) is 2. The number of carbonyl (C=O) groups is 1. The number of hydrogen-bond donors (Lipinski definition) is 1. The number of carboxylic acids is 1. The van der Waals surface area contributed by atoms with Gasteiger partial charge >= 0.3 is 5.97 Å². The molecule has 0 amide bonds. The molecule has 3 aliphatic carbocycles. The van der Waals surface area contributed by atoms with E-state index in [4.69, 9.17) is 0 Å². The van der Waals surface area contributed by atoms with Gasteiger partial charge in [-0.1, -0.05) is 0 Å². The van der Waals surface area contributed by atoms with Crippen LogP contribution < -0.4 is 0 Å². The Morgan fingerprint density at radius 3 is 2.82 bits per heavy atom. The van der Waals surface area contributed by atoms with Crippen LogP contribution in [0, 0.1) is 18.2 Å². The fraction of sp³-hybridized carbons (Fsp3) is 0.615. The SMILES string of the molecule is O=C(O)C1CC2CCC1(c1ccn[c]n1)CC2. The van der Waals surface area contributed by atoms with Crippen LogP contribution in [0.1, 0.15) is 37.8 Å². The predicted octanol–water partition coefficient (Wildman–Crippen LogP) is 1.81. The summed E-state index contributed by atoms with van der Waals surface area (Å²) in [5.41, 5.74) is 0.609. The van der Waals surface area contributed by atoms with Crippen LogP contribution in [0.5, 0.6) is 0 Å². The number of rotatable bonds is 2. The van der Waals surface area contributed by atoms with Crippen molar-refractivity contribution in [1.82, 2.24) is 9.97 Å². The fourth-order valence-electron chi connectivity index (χ4n) is 3.65. The van der Waals surface area contributed by atoms with E-state index in [0.717, 1.165) is 37.8 Å². The van der Waals surface area contributed by atoms with Crippen molar-refractivity contribution in [2.24, 2.45) is 11.8 Å². The van der Waals surface area contributed by atoms with E-state index < -0.39 is 5.97 Å². The molecule has 4 heteroatoms. The molecule has 1 radical (unpaired) electrons. The normalized spacial score (nSPS) is 35.8. The highest BCUT2D eigenvalue weighted by atomic mass is 16.4. The largest absolute Gasteiger partial charge is 0.481 e. The lowest BCUT2D eigenvalue weighted by Gasteiger charge is -2.50. The molecule has 1 unspecified atom stereocenters. The van der Waals surface area contributed by atoms with Crippen LogP contribution >= 0.6 is 0 Å². The van der Waals surface area contributed by atoms with Crippen molar-refractivity contribution in [3.63, 3.8) is 0 Å². The average Bonchev–Trinajstić information content (AvgIpc) is 2.41. The molecule has 3 fully saturated rings. The molecular weight excluding hydrogens is 216 g/mol. The first-order valence-electron chi connectivity index (χ1n) is 6.15. The second-order valence-corrected chi connectivity index (χ2v) is 5.27. The molecule has 1 atom stereocenters. The van der Waals surface area contributed by atoms with Crippen LogP contribution in [0.25, 0.3) is 0 Å². The van der Waals surface area contributed by atoms with Gasteiger partial charge < -0.3 is 5.11 Å². The van der Waals surface area contributed by atoms with E-state index in [2.05, 4.69) is 16.3 Å². The maximum absolute atomic E-state index is 11.5. The van der Waals surface area contributed by atoms with Crippen LogP contribution in [0.2, 0.25) is 0 Å². The minimum atomic E-state index is -0.673. The summed E-state index contributed by atoms with van der Waals surface area (Å²) < 4.78 is 0. The zero-order valence-corrected chi connectivity index (χ0v) is 9.59. The number of fused-ring (bicyclic) bond motifs is 3. The van der Waals surface area contributed by atoms with Crippen LogP contribution in [-0.2, 0) is 10.2 Å². The van der Waals surface area contributed by atoms with E-state index in [1.54, 1.807) is 6.20 Å². The Kier molecular flexibility index (Phi) is 2.38. The monoisotopic (exact) mass is 231 g/mol. The van der Waals surface area contributed by atoms with Gasteiger partial charge in [-0.2, -0.15) is 0 Å². The summed E-state index contributed by atoms with van der Waals surface area (Å²) in [5.74, 6) is -0.352. The molecule has 89 valence electrons.